The van der Waals surface area contributed by atoms with Crippen LogP contribution in [0, 0.1) is 0 Å². The molecular formula is C13H16N2O. The van der Waals surface area contributed by atoms with Gasteiger partial charge in [0.05, 0.1) is 5.54 Å². The highest BCUT2D eigenvalue weighted by atomic mass is 16.2. The number of amides is 1. The third-order valence-electron chi connectivity index (χ3n) is 3.77. The molecule has 84 valence electrons. The first-order valence-corrected chi connectivity index (χ1v) is 5.75. The van der Waals surface area contributed by atoms with Crippen molar-refractivity contribution in [1.82, 2.24) is 5.32 Å². The fourth-order valence-electron chi connectivity index (χ4n) is 2.34. The predicted molar refractivity (Wildman–Crippen MR) is 63.5 cm³/mol. The van der Waals surface area contributed by atoms with Gasteiger partial charge in [-0.2, -0.15) is 0 Å². The summed E-state index contributed by atoms with van der Waals surface area (Å²) in [6.07, 6.45) is 1.51. The van der Waals surface area contributed by atoms with Gasteiger partial charge in [-0.1, -0.05) is 12.1 Å². The number of rotatable bonds is 1. The summed E-state index contributed by atoms with van der Waals surface area (Å²) in [5.41, 5.74) is 3.89. The molecule has 0 radical (unpaired) electrons. The number of anilines is 1. The zero-order chi connectivity index (χ0) is 11.3. The smallest absolute Gasteiger partial charge is 0.227 e. The van der Waals surface area contributed by atoms with Crippen molar-refractivity contribution >= 4 is 11.6 Å². The molecule has 2 aliphatic heterocycles. The first-order valence-electron chi connectivity index (χ1n) is 5.75. The molecule has 1 atom stereocenters. The molecule has 1 N–H and O–H groups in total. The molecule has 2 heterocycles. The second-order valence-corrected chi connectivity index (χ2v) is 4.98. The molecular weight excluding hydrogens is 200 g/mol. The van der Waals surface area contributed by atoms with Gasteiger partial charge in [-0.25, -0.2) is 0 Å². The van der Waals surface area contributed by atoms with E-state index in [4.69, 9.17) is 0 Å². The summed E-state index contributed by atoms with van der Waals surface area (Å²) in [4.78, 5) is 13.3. The van der Waals surface area contributed by atoms with Crippen molar-refractivity contribution in [3.8, 4) is 0 Å². The Morgan fingerprint density at radius 1 is 1.38 bits per heavy atom. The van der Waals surface area contributed by atoms with E-state index in [0.29, 0.717) is 6.42 Å². The number of nitrogens with one attached hydrogen (secondary N) is 1. The Bertz CT molecular complexity index is 463. The maximum Gasteiger partial charge on any atom is 0.227 e. The standard InChI is InChI=1S/C13H16N2O/c1-13(8-14-13)10-4-5-11-9(7-10)3-6-12(16)15(11)2/h4-5,7,14H,3,6,8H2,1-2H3. The molecule has 1 aromatic carbocycles. The van der Waals surface area contributed by atoms with Gasteiger partial charge in [-0.3, -0.25) is 4.79 Å². The number of hydrogen-bond donors (Lipinski definition) is 1. The van der Waals surface area contributed by atoms with Crippen LogP contribution in [-0.2, 0) is 16.8 Å². The van der Waals surface area contributed by atoms with E-state index < -0.39 is 0 Å². The minimum absolute atomic E-state index is 0.176. The molecule has 0 saturated carbocycles. The minimum Gasteiger partial charge on any atom is -0.315 e. The van der Waals surface area contributed by atoms with Gasteiger partial charge in [0.2, 0.25) is 5.91 Å². The zero-order valence-corrected chi connectivity index (χ0v) is 9.71. The molecule has 1 amide bonds. The Balaban J connectivity index is 2.03. The number of carbonyl (C=O) groups is 1. The van der Waals surface area contributed by atoms with E-state index in [1.165, 1.54) is 11.1 Å². The average Bonchev–Trinajstić information content (AvgIpc) is 3.03. The lowest BCUT2D eigenvalue weighted by molar-refractivity contribution is -0.118. The Morgan fingerprint density at radius 2 is 2.12 bits per heavy atom. The molecule has 1 unspecified atom stereocenters. The van der Waals surface area contributed by atoms with Crippen molar-refractivity contribution in [3.05, 3.63) is 29.3 Å². The molecule has 3 heteroatoms. The van der Waals surface area contributed by atoms with Gasteiger partial charge in [0.25, 0.3) is 0 Å². The van der Waals surface area contributed by atoms with Crippen molar-refractivity contribution in [2.45, 2.75) is 25.3 Å². The van der Waals surface area contributed by atoms with E-state index in [9.17, 15) is 4.79 Å². The van der Waals surface area contributed by atoms with E-state index in [0.717, 1.165) is 18.7 Å². The van der Waals surface area contributed by atoms with Crippen molar-refractivity contribution in [1.29, 1.82) is 0 Å². The third kappa shape index (κ3) is 1.35. The van der Waals surface area contributed by atoms with E-state index in [1.807, 2.05) is 7.05 Å². The van der Waals surface area contributed by atoms with Gasteiger partial charge < -0.3 is 10.2 Å². The number of fused-ring (bicyclic) bond motifs is 1. The highest BCUT2D eigenvalue weighted by Crippen LogP contribution is 2.35. The van der Waals surface area contributed by atoms with Crippen LogP contribution in [-0.4, -0.2) is 19.5 Å². The first-order chi connectivity index (χ1) is 7.60. The Hall–Kier alpha value is -1.35. The fourth-order valence-corrected chi connectivity index (χ4v) is 2.34. The molecule has 0 bridgehead atoms. The molecule has 2 aliphatic rings. The second-order valence-electron chi connectivity index (χ2n) is 4.98. The van der Waals surface area contributed by atoms with E-state index >= 15 is 0 Å². The zero-order valence-electron chi connectivity index (χ0n) is 9.71. The van der Waals surface area contributed by atoms with Crippen LogP contribution >= 0.6 is 0 Å². The summed E-state index contributed by atoms with van der Waals surface area (Å²) in [6.45, 7) is 3.27. The van der Waals surface area contributed by atoms with E-state index in [2.05, 4.69) is 30.4 Å². The van der Waals surface area contributed by atoms with Gasteiger partial charge in [0, 0.05) is 25.7 Å². The summed E-state index contributed by atoms with van der Waals surface area (Å²) < 4.78 is 0. The van der Waals surface area contributed by atoms with Gasteiger partial charge >= 0.3 is 0 Å². The lowest BCUT2D eigenvalue weighted by Gasteiger charge is -2.26. The summed E-state index contributed by atoms with van der Waals surface area (Å²) in [6, 6.07) is 6.46. The summed E-state index contributed by atoms with van der Waals surface area (Å²) in [5, 5.41) is 3.37. The van der Waals surface area contributed by atoms with Crippen LogP contribution in [0.2, 0.25) is 0 Å². The Kier molecular flexibility index (Phi) is 1.89. The van der Waals surface area contributed by atoms with Crippen LogP contribution in [0.15, 0.2) is 18.2 Å². The summed E-state index contributed by atoms with van der Waals surface area (Å²) in [7, 11) is 1.86. The molecule has 1 aromatic rings. The first kappa shape index (κ1) is 9.85. The Morgan fingerprint density at radius 3 is 2.81 bits per heavy atom. The quantitative estimate of drug-likeness (QED) is 0.721. The van der Waals surface area contributed by atoms with Crippen LogP contribution in [0.1, 0.15) is 24.5 Å². The van der Waals surface area contributed by atoms with Crippen molar-refractivity contribution in [2.24, 2.45) is 0 Å². The summed E-state index contributed by atoms with van der Waals surface area (Å²) >= 11 is 0. The average molecular weight is 216 g/mol. The predicted octanol–water partition coefficient (Wildman–Crippen LogP) is 1.41. The minimum atomic E-state index is 0.176. The van der Waals surface area contributed by atoms with Crippen LogP contribution in [0.5, 0.6) is 0 Å². The third-order valence-corrected chi connectivity index (χ3v) is 3.77. The molecule has 1 fully saturated rings. The van der Waals surface area contributed by atoms with Gasteiger partial charge in [-0.05, 0) is 30.5 Å². The maximum atomic E-state index is 11.6. The number of carbonyl (C=O) groups excluding carboxylic acids is 1. The van der Waals surface area contributed by atoms with Crippen molar-refractivity contribution in [3.63, 3.8) is 0 Å². The van der Waals surface area contributed by atoms with Gasteiger partial charge in [0.1, 0.15) is 0 Å². The lowest BCUT2D eigenvalue weighted by atomic mass is 9.94. The molecule has 0 spiro atoms. The van der Waals surface area contributed by atoms with Crippen molar-refractivity contribution in [2.75, 3.05) is 18.5 Å². The maximum absolute atomic E-state index is 11.6. The highest BCUT2D eigenvalue weighted by molar-refractivity contribution is 5.95. The Labute approximate surface area is 95.4 Å². The summed E-state index contributed by atoms with van der Waals surface area (Å²) in [5.74, 6) is 0.219. The van der Waals surface area contributed by atoms with Crippen LogP contribution in [0.3, 0.4) is 0 Å². The SMILES string of the molecule is CN1C(=O)CCc2cc(C3(C)CN3)ccc21. The fraction of sp³-hybridized carbons (Fsp3) is 0.462. The normalized spacial score (nSPS) is 27.9. The van der Waals surface area contributed by atoms with E-state index in [-0.39, 0.29) is 11.4 Å². The van der Waals surface area contributed by atoms with Gasteiger partial charge in [0.15, 0.2) is 0 Å². The number of nitrogens with zero attached hydrogens (tertiary/aromatic N) is 1. The molecule has 1 saturated heterocycles. The lowest BCUT2D eigenvalue weighted by Crippen LogP contribution is -2.31. The highest BCUT2D eigenvalue weighted by Gasteiger charge is 2.38. The van der Waals surface area contributed by atoms with Crippen molar-refractivity contribution < 1.29 is 4.79 Å². The molecule has 16 heavy (non-hydrogen) atoms. The topological polar surface area (TPSA) is 42.2 Å². The van der Waals surface area contributed by atoms with Crippen LogP contribution in [0.25, 0.3) is 0 Å². The van der Waals surface area contributed by atoms with E-state index in [1.54, 1.807) is 4.90 Å². The molecule has 3 rings (SSSR count). The number of aryl methyl sites for hydroxylation is 1. The molecule has 3 nitrogen and oxygen atoms in total. The molecule has 0 aromatic heterocycles. The van der Waals surface area contributed by atoms with Gasteiger partial charge in [-0.15, -0.1) is 0 Å². The monoisotopic (exact) mass is 216 g/mol. The molecule has 0 aliphatic carbocycles. The van der Waals surface area contributed by atoms with Crippen LogP contribution < -0.4 is 10.2 Å². The van der Waals surface area contributed by atoms with Crippen LogP contribution in [0.4, 0.5) is 5.69 Å². The second kappa shape index (κ2) is 3.08. The largest absolute Gasteiger partial charge is 0.315 e. The number of benzene rings is 1. The number of hydrogen-bond acceptors (Lipinski definition) is 2.